The Balaban J connectivity index is 2.09. The highest BCUT2D eigenvalue weighted by Crippen LogP contribution is 2.31. The van der Waals surface area contributed by atoms with Gasteiger partial charge in [0.15, 0.2) is 5.78 Å². The molecule has 1 aliphatic rings. The Labute approximate surface area is 152 Å². The third-order valence-corrected chi connectivity index (χ3v) is 5.40. The van der Waals surface area contributed by atoms with Crippen LogP contribution in [0.1, 0.15) is 63.9 Å². The van der Waals surface area contributed by atoms with Gasteiger partial charge in [0.25, 0.3) is 0 Å². The predicted octanol–water partition coefficient (Wildman–Crippen LogP) is 4.01. The topological polar surface area (TPSA) is 49.8 Å². The zero-order valence-electron chi connectivity index (χ0n) is 16.5. The molecule has 0 aromatic heterocycles. The van der Waals surface area contributed by atoms with Crippen LogP contribution in [0.15, 0.2) is 18.2 Å². The Morgan fingerprint density at radius 2 is 1.92 bits per heavy atom. The lowest BCUT2D eigenvalue weighted by molar-refractivity contribution is -0.0700. The summed E-state index contributed by atoms with van der Waals surface area (Å²) in [5, 5.41) is 10.4. The van der Waals surface area contributed by atoms with Crippen LogP contribution in [0.5, 0.6) is 5.75 Å². The summed E-state index contributed by atoms with van der Waals surface area (Å²) in [6.07, 6.45) is 1.36. The monoisotopic (exact) mass is 347 g/mol. The molecule has 4 nitrogen and oxygen atoms in total. The van der Waals surface area contributed by atoms with Gasteiger partial charge < -0.3 is 9.84 Å². The number of rotatable bonds is 6. The highest BCUT2D eigenvalue weighted by molar-refractivity contribution is 6.00. The standard InChI is InChI=1S/C21H33NO3/c1-7-21(5,6)17-8-9-18(19(23)10-17)20(24)14(2)11-22-12-15(3)25-16(4)13-22/h8-10,14-16,23H,7,11-13H2,1-6H3/t14?,15-,16+. The molecule has 0 bridgehead atoms. The third-order valence-electron chi connectivity index (χ3n) is 5.40. The average molecular weight is 347 g/mol. The van der Waals surface area contributed by atoms with E-state index in [-0.39, 0.29) is 35.1 Å². The molecule has 0 amide bonds. The number of benzene rings is 1. The molecule has 3 atom stereocenters. The summed E-state index contributed by atoms with van der Waals surface area (Å²) in [6.45, 7) is 14.9. The first-order valence-electron chi connectivity index (χ1n) is 9.39. The highest BCUT2D eigenvalue weighted by atomic mass is 16.5. The van der Waals surface area contributed by atoms with Crippen molar-refractivity contribution < 1.29 is 14.6 Å². The number of aromatic hydroxyl groups is 1. The minimum Gasteiger partial charge on any atom is -0.507 e. The number of morpholine rings is 1. The summed E-state index contributed by atoms with van der Waals surface area (Å²) in [6, 6.07) is 5.51. The van der Waals surface area contributed by atoms with Crippen molar-refractivity contribution in [3.8, 4) is 5.75 Å². The van der Waals surface area contributed by atoms with E-state index in [0.717, 1.165) is 25.1 Å². The third kappa shape index (κ3) is 4.83. The number of nitrogens with zero attached hydrogens (tertiary/aromatic N) is 1. The van der Waals surface area contributed by atoms with Gasteiger partial charge in [-0.1, -0.05) is 33.8 Å². The lowest BCUT2D eigenvalue weighted by Gasteiger charge is -2.36. The van der Waals surface area contributed by atoms with Gasteiger partial charge in [-0.15, -0.1) is 0 Å². The number of Topliss-reactive ketones (excluding diaryl/α,β-unsaturated/α-hetero) is 1. The second-order valence-corrected chi connectivity index (χ2v) is 8.21. The molecule has 140 valence electrons. The number of hydrogen-bond donors (Lipinski definition) is 1. The van der Waals surface area contributed by atoms with Gasteiger partial charge >= 0.3 is 0 Å². The molecule has 0 spiro atoms. The van der Waals surface area contributed by atoms with Crippen LogP contribution < -0.4 is 0 Å². The van der Waals surface area contributed by atoms with E-state index in [1.54, 1.807) is 12.1 Å². The van der Waals surface area contributed by atoms with Crippen molar-refractivity contribution in [1.29, 1.82) is 0 Å². The Bertz CT molecular complexity index is 601. The minimum atomic E-state index is -0.159. The van der Waals surface area contributed by atoms with Crippen LogP contribution in [0.3, 0.4) is 0 Å². The van der Waals surface area contributed by atoms with E-state index in [2.05, 4.69) is 39.5 Å². The molecule has 1 aromatic rings. The molecule has 0 saturated carbocycles. The molecule has 1 aliphatic heterocycles. The summed E-state index contributed by atoms with van der Waals surface area (Å²) in [4.78, 5) is 15.1. The second-order valence-electron chi connectivity index (χ2n) is 8.21. The van der Waals surface area contributed by atoms with Crippen LogP contribution in [-0.2, 0) is 10.2 Å². The number of phenolic OH excluding ortho intramolecular Hbond substituents is 1. The van der Waals surface area contributed by atoms with E-state index in [1.807, 2.05) is 13.0 Å². The van der Waals surface area contributed by atoms with E-state index >= 15 is 0 Å². The summed E-state index contributed by atoms with van der Waals surface area (Å²) in [5.74, 6) is -0.0572. The van der Waals surface area contributed by atoms with Gasteiger partial charge in [-0.2, -0.15) is 0 Å². The molecular weight excluding hydrogens is 314 g/mol. The van der Waals surface area contributed by atoms with Gasteiger partial charge in [-0.3, -0.25) is 9.69 Å². The van der Waals surface area contributed by atoms with Crippen molar-refractivity contribution in [2.75, 3.05) is 19.6 Å². The van der Waals surface area contributed by atoms with Gasteiger partial charge in [0.1, 0.15) is 5.75 Å². The molecule has 1 aromatic carbocycles. The Hall–Kier alpha value is -1.39. The lowest BCUT2D eigenvalue weighted by atomic mass is 9.81. The Kier molecular flexibility index (Phi) is 6.28. The molecule has 1 fully saturated rings. The highest BCUT2D eigenvalue weighted by Gasteiger charge is 2.27. The van der Waals surface area contributed by atoms with E-state index < -0.39 is 0 Å². The van der Waals surface area contributed by atoms with Crippen molar-refractivity contribution >= 4 is 5.78 Å². The number of ketones is 1. The number of ether oxygens (including phenoxy) is 1. The van der Waals surface area contributed by atoms with Gasteiger partial charge in [0.05, 0.1) is 17.8 Å². The van der Waals surface area contributed by atoms with Crippen LogP contribution in [0.25, 0.3) is 0 Å². The minimum absolute atomic E-state index is 0.00477. The molecule has 1 N–H and O–H groups in total. The molecule has 1 unspecified atom stereocenters. The number of carbonyl (C=O) groups excluding carboxylic acids is 1. The maximum atomic E-state index is 12.8. The van der Waals surface area contributed by atoms with E-state index in [1.165, 1.54) is 0 Å². The number of phenols is 1. The van der Waals surface area contributed by atoms with E-state index in [0.29, 0.717) is 12.1 Å². The summed E-state index contributed by atoms with van der Waals surface area (Å²) in [5.41, 5.74) is 1.48. The Morgan fingerprint density at radius 3 is 2.44 bits per heavy atom. The zero-order valence-corrected chi connectivity index (χ0v) is 16.5. The van der Waals surface area contributed by atoms with Crippen molar-refractivity contribution in [1.82, 2.24) is 4.90 Å². The lowest BCUT2D eigenvalue weighted by Crippen LogP contribution is -2.47. The zero-order chi connectivity index (χ0) is 18.8. The van der Waals surface area contributed by atoms with E-state index in [4.69, 9.17) is 4.74 Å². The van der Waals surface area contributed by atoms with Crippen molar-refractivity contribution in [3.63, 3.8) is 0 Å². The van der Waals surface area contributed by atoms with Crippen LogP contribution in [0.4, 0.5) is 0 Å². The maximum absolute atomic E-state index is 12.8. The smallest absolute Gasteiger partial charge is 0.170 e. The largest absolute Gasteiger partial charge is 0.507 e. The molecule has 1 saturated heterocycles. The van der Waals surface area contributed by atoms with Crippen LogP contribution in [-0.4, -0.2) is 47.6 Å². The first-order valence-corrected chi connectivity index (χ1v) is 9.39. The molecule has 0 radical (unpaired) electrons. The predicted molar refractivity (Wildman–Crippen MR) is 101 cm³/mol. The summed E-state index contributed by atoms with van der Waals surface area (Å²) < 4.78 is 5.75. The van der Waals surface area contributed by atoms with Gasteiger partial charge in [0, 0.05) is 25.6 Å². The van der Waals surface area contributed by atoms with Gasteiger partial charge in [-0.25, -0.2) is 0 Å². The van der Waals surface area contributed by atoms with Crippen molar-refractivity contribution in [2.45, 2.75) is 65.6 Å². The molecule has 2 rings (SSSR count). The summed E-state index contributed by atoms with van der Waals surface area (Å²) in [7, 11) is 0. The maximum Gasteiger partial charge on any atom is 0.170 e. The van der Waals surface area contributed by atoms with Crippen LogP contribution >= 0.6 is 0 Å². The fourth-order valence-corrected chi connectivity index (χ4v) is 3.53. The fraction of sp³-hybridized carbons (Fsp3) is 0.667. The van der Waals surface area contributed by atoms with Crippen molar-refractivity contribution in [3.05, 3.63) is 29.3 Å². The molecular formula is C21H33NO3. The average Bonchev–Trinajstić information content (AvgIpc) is 2.53. The normalized spacial score (nSPS) is 23.4. The van der Waals surface area contributed by atoms with Gasteiger partial charge in [-0.05, 0) is 43.4 Å². The van der Waals surface area contributed by atoms with Crippen molar-refractivity contribution in [2.24, 2.45) is 5.92 Å². The molecule has 1 heterocycles. The van der Waals surface area contributed by atoms with Crippen LogP contribution in [0, 0.1) is 5.92 Å². The van der Waals surface area contributed by atoms with Gasteiger partial charge in [0.2, 0.25) is 0 Å². The quantitative estimate of drug-likeness (QED) is 0.790. The molecule has 4 heteroatoms. The summed E-state index contributed by atoms with van der Waals surface area (Å²) >= 11 is 0. The SMILES string of the molecule is CCC(C)(C)c1ccc(C(=O)C(C)CN2C[C@@H](C)O[C@@H](C)C2)c(O)c1. The molecule has 25 heavy (non-hydrogen) atoms. The second kappa shape index (κ2) is 7.88. The number of hydrogen-bond acceptors (Lipinski definition) is 4. The Morgan fingerprint density at radius 1 is 1.32 bits per heavy atom. The van der Waals surface area contributed by atoms with E-state index in [9.17, 15) is 9.90 Å². The molecule has 0 aliphatic carbocycles. The fourth-order valence-electron chi connectivity index (χ4n) is 3.53. The first-order chi connectivity index (χ1) is 11.6. The first kappa shape index (κ1) is 19.9. The van der Waals surface area contributed by atoms with Crippen LogP contribution in [0.2, 0.25) is 0 Å². The number of carbonyl (C=O) groups is 1.